The van der Waals surface area contributed by atoms with E-state index in [-0.39, 0.29) is 23.0 Å². The van der Waals surface area contributed by atoms with Crippen molar-refractivity contribution < 1.29 is 26.7 Å². The summed E-state index contributed by atoms with van der Waals surface area (Å²) in [6.45, 7) is 0.293. The van der Waals surface area contributed by atoms with Crippen molar-refractivity contribution in [1.82, 2.24) is 24.4 Å². The van der Waals surface area contributed by atoms with Crippen molar-refractivity contribution in [3.63, 3.8) is 0 Å². The van der Waals surface area contributed by atoms with Gasteiger partial charge < -0.3 is 5.32 Å². The van der Waals surface area contributed by atoms with Crippen LogP contribution in [0.1, 0.15) is 40.3 Å². The summed E-state index contributed by atoms with van der Waals surface area (Å²) >= 11 is 3.26. The van der Waals surface area contributed by atoms with Crippen LogP contribution in [0.4, 0.5) is 27.8 Å². The molecule has 0 bridgehead atoms. The number of alkyl halides is 4. The molecule has 166 valence electrons. The fourth-order valence-electron chi connectivity index (χ4n) is 2.91. The molecule has 0 saturated carbocycles. The number of fused-ring (bicyclic) bond motifs is 1. The van der Waals surface area contributed by atoms with Gasteiger partial charge in [0.25, 0.3) is 18.8 Å². The first-order chi connectivity index (χ1) is 15.2. The minimum absolute atomic E-state index is 0.115. The van der Waals surface area contributed by atoms with Crippen molar-refractivity contribution in [2.45, 2.75) is 19.4 Å². The Hall–Kier alpha value is -3.35. The fraction of sp³-hybridized carbons (Fsp3) is 0.158. The van der Waals surface area contributed by atoms with Crippen LogP contribution in [0.3, 0.4) is 0 Å². The van der Waals surface area contributed by atoms with Crippen LogP contribution in [-0.4, -0.2) is 30.3 Å². The minimum atomic E-state index is -3.11. The summed E-state index contributed by atoms with van der Waals surface area (Å²) in [5.74, 6) is -1.06. The number of amides is 1. The Balaban J connectivity index is 1.58. The molecule has 7 nitrogen and oxygen atoms in total. The number of benzene rings is 1. The molecule has 13 heteroatoms. The third-order valence-electron chi connectivity index (χ3n) is 4.36. The van der Waals surface area contributed by atoms with Crippen molar-refractivity contribution in [3.05, 3.63) is 75.5 Å². The van der Waals surface area contributed by atoms with Gasteiger partial charge in [-0.05, 0) is 39.7 Å². The second kappa shape index (κ2) is 8.65. The van der Waals surface area contributed by atoms with Crippen LogP contribution in [-0.2, 0) is 6.54 Å². The van der Waals surface area contributed by atoms with E-state index < -0.39 is 30.1 Å². The van der Waals surface area contributed by atoms with Crippen molar-refractivity contribution in [1.29, 1.82) is 0 Å². The van der Waals surface area contributed by atoms with Gasteiger partial charge in [-0.2, -0.15) is 10.2 Å². The molecule has 1 amide bonds. The molecule has 0 aliphatic rings. The molecule has 4 aromatic rings. The lowest BCUT2D eigenvalue weighted by atomic mass is 10.2. The second-order valence-electron chi connectivity index (χ2n) is 6.61. The number of nitrogens with zero attached hydrogens (tertiary/aromatic N) is 5. The number of carbonyl (C=O) groups is 1. The van der Waals surface area contributed by atoms with E-state index in [9.17, 15) is 26.7 Å². The number of rotatable bonds is 6. The summed E-state index contributed by atoms with van der Waals surface area (Å²) in [5.41, 5.74) is -1.52. The molecule has 0 aliphatic heterocycles. The molecule has 0 atom stereocenters. The third kappa shape index (κ3) is 4.47. The number of anilines is 1. The van der Waals surface area contributed by atoms with E-state index in [1.54, 1.807) is 18.3 Å². The van der Waals surface area contributed by atoms with E-state index >= 15 is 0 Å². The summed E-state index contributed by atoms with van der Waals surface area (Å²) in [4.78, 5) is 16.2. The van der Waals surface area contributed by atoms with Gasteiger partial charge >= 0.3 is 0 Å². The molecule has 3 heterocycles. The van der Waals surface area contributed by atoms with Crippen molar-refractivity contribution in [2.24, 2.45) is 0 Å². The van der Waals surface area contributed by atoms with Gasteiger partial charge in [0.1, 0.15) is 17.2 Å². The maximum absolute atomic E-state index is 13.3. The highest BCUT2D eigenvalue weighted by Gasteiger charge is 2.22. The van der Waals surface area contributed by atoms with E-state index in [1.807, 2.05) is 0 Å². The van der Waals surface area contributed by atoms with Gasteiger partial charge in [-0.15, -0.1) is 0 Å². The lowest BCUT2D eigenvalue weighted by Crippen LogP contribution is -2.14. The summed E-state index contributed by atoms with van der Waals surface area (Å²) < 4.78 is 68.1. The largest absolute Gasteiger partial charge is 0.303 e. The van der Waals surface area contributed by atoms with Gasteiger partial charge in [-0.1, -0.05) is 12.1 Å². The van der Waals surface area contributed by atoms with Crippen molar-refractivity contribution in [3.8, 4) is 0 Å². The zero-order chi connectivity index (χ0) is 23.0. The summed E-state index contributed by atoms with van der Waals surface area (Å²) in [7, 11) is 0. The number of halogens is 6. The average Bonchev–Trinajstić information content (AvgIpc) is 3.32. The van der Waals surface area contributed by atoms with Gasteiger partial charge in [0, 0.05) is 12.3 Å². The lowest BCUT2D eigenvalue weighted by molar-refractivity contribution is 0.102. The van der Waals surface area contributed by atoms with Crippen LogP contribution in [0.2, 0.25) is 0 Å². The van der Waals surface area contributed by atoms with E-state index in [2.05, 4.69) is 36.4 Å². The molecule has 0 fully saturated rings. The van der Waals surface area contributed by atoms with Gasteiger partial charge in [0.2, 0.25) is 0 Å². The molecule has 0 saturated heterocycles. The second-order valence-corrected chi connectivity index (χ2v) is 7.46. The fourth-order valence-corrected chi connectivity index (χ4v) is 3.32. The van der Waals surface area contributed by atoms with E-state index in [0.29, 0.717) is 21.6 Å². The van der Waals surface area contributed by atoms with E-state index in [4.69, 9.17) is 0 Å². The third-order valence-corrected chi connectivity index (χ3v) is 4.94. The SMILES string of the molecule is O=C(Nc1nn(Cc2ccc(F)cc2)cc1Br)c1cc2nc(C(F)F)cc(C(F)F)n2n1. The maximum Gasteiger partial charge on any atom is 0.280 e. The summed E-state index contributed by atoms with van der Waals surface area (Å²) in [6, 6.07) is 7.35. The highest BCUT2D eigenvalue weighted by Crippen LogP contribution is 2.26. The number of nitrogens with one attached hydrogen (secondary N) is 1. The van der Waals surface area contributed by atoms with Crippen LogP contribution in [0.25, 0.3) is 5.65 Å². The first kappa shape index (κ1) is 21.9. The number of carbonyl (C=O) groups excluding carboxylic acids is 1. The van der Waals surface area contributed by atoms with Crippen LogP contribution >= 0.6 is 15.9 Å². The molecule has 3 aromatic heterocycles. The van der Waals surface area contributed by atoms with Crippen LogP contribution in [0.5, 0.6) is 0 Å². The number of hydrogen-bond acceptors (Lipinski definition) is 4. The Kier molecular flexibility index (Phi) is 5.91. The average molecular weight is 515 g/mol. The molecule has 1 N–H and O–H groups in total. The Bertz CT molecular complexity index is 1290. The molecule has 0 spiro atoms. The highest BCUT2D eigenvalue weighted by atomic mass is 79.9. The summed E-state index contributed by atoms with van der Waals surface area (Å²) in [5, 5.41) is 10.5. The molecule has 32 heavy (non-hydrogen) atoms. The number of aromatic nitrogens is 5. The molecule has 1 aromatic carbocycles. The zero-order valence-corrected chi connectivity index (χ0v) is 17.4. The molecular formula is C19H12BrF5N6O. The zero-order valence-electron chi connectivity index (χ0n) is 15.8. The lowest BCUT2D eigenvalue weighted by Gasteiger charge is -2.06. The minimum Gasteiger partial charge on any atom is -0.303 e. The Morgan fingerprint density at radius 3 is 2.44 bits per heavy atom. The predicted octanol–water partition coefficient (Wildman–Crippen LogP) is 5.00. The molecular weight excluding hydrogens is 503 g/mol. The normalized spacial score (nSPS) is 11.6. The Morgan fingerprint density at radius 2 is 1.78 bits per heavy atom. The van der Waals surface area contributed by atoms with Crippen LogP contribution in [0.15, 0.2) is 47.1 Å². The van der Waals surface area contributed by atoms with E-state index in [1.165, 1.54) is 16.8 Å². The quantitative estimate of drug-likeness (QED) is 0.367. The first-order valence-electron chi connectivity index (χ1n) is 8.97. The van der Waals surface area contributed by atoms with Gasteiger partial charge in [-0.25, -0.2) is 31.5 Å². The van der Waals surface area contributed by atoms with E-state index in [0.717, 1.165) is 11.6 Å². The first-order valence-corrected chi connectivity index (χ1v) is 9.76. The highest BCUT2D eigenvalue weighted by molar-refractivity contribution is 9.10. The summed E-state index contributed by atoms with van der Waals surface area (Å²) in [6.07, 6.45) is -4.59. The monoisotopic (exact) mass is 514 g/mol. The van der Waals surface area contributed by atoms with Crippen molar-refractivity contribution >= 4 is 33.3 Å². The topological polar surface area (TPSA) is 77.1 Å². The number of hydrogen-bond donors (Lipinski definition) is 1. The molecule has 4 rings (SSSR count). The predicted molar refractivity (Wildman–Crippen MR) is 106 cm³/mol. The molecule has 0 radical (unpaired) electrons. The molecule has 0 unspecified atom stereocenters. The Labute approximate surface area is 185 Å². The van der Waals surface area contributed by atoms with Crippen LogP contribution < -0.4 is 5.32 Å². The molecule has 0 aliphatic carbocycles. The van der Waals surface area contributed by atoms with Gasteiger partial charge in [0.05, 0.1) is 11.0 Å². The van der Waals surface area contributed by atoms with Gasteiger partial charge in [-0.3, -0.25) is 9.48 Å². The smallest absolute Gasteiger partial charge is 0.280 e. The van der Waals surface area contributed by atoms with Crippen molar-refractivity contribution in [2.75, 3.05) is 5.32 Å². The maximum atomic E-state index is 13.3. The Morgan fingerprint density at radius 1 is 1.06 bits per heavy atom. The van der Waals surface area contributed by atoms with Crippen LogP contribution in [0, 0.1) is 5.82 Å². The standard InChI is InChI=1S/C19H12BrF5N6O/c20-11-8-30(7-9-1-3-10(21)4-2-9)29-18(11)27-19(32)13-6-15-26-12(16(22)23)5-14(17(24)25)31(15)28-13/h1-6,8,16-17H,7H2,(H,27,29,32). The van der Waals surface area contributed by atoms with Gasteiger partial charge in [0.15, 0.2) is 17.2 Å².